The molecule has 5 nitrogen and oxygen atoms in total. The fourth-order valence-electron chi connectivity index (χ4n) is 4.19. The number of ether oxygens (including phenoxy) is 1. The third-order valence-electron chi connectivity index (χ3n) is 6.00. The maximum atomic E-state index is 12.6. The van der Waals surface area contributed by atoms with Gasteiger partial charge < -0.3 is 9.64 Å². The predicted octanol–water partition coefficient (Wildman–Crippen LogP) is 4.40. The van der Waals surface area contributed by atoms with Crippen LogP contribution in [0.2, 0.25) is 0 Å². The third kappa shape index (κ3) is 4.29. The highest BCUT2D eigenvalue weighted by atomic mass is 32.2. The van der Waals surface area contributed by atoms with Crippen molar-refractivity contribution in [3.8, 4) is 5.75 Å². The molecule has 0 radical (unpaired) electrons. The van der Waals surface area contributed by atoms with E-state index in [0.29, 0.717) is 49.2 Å². The van der Waals surface area contributed by atoms with E-state index in [1.165, 1.54) is 0 Å². The van der Waals surface area contributed by atoms with Crippen LogP contribution in [0.1, 0.15) is 52.8 Å². The second kappa shape index (κ2) is 8.64. The number of amides is 1. The lowest BCUT2D eigenvalue weighted by Crippen LogP contribution is -2.52. The number of Topliss-reactive ketones (excluding diaryl/α,β-unsaturated/α-hetero) is 2. The molecule has 0 unspecified atom stereocenters. The van der Waals surface area contributed by atoms with Gasteiger partial charge in [0.2, 0.25) is 5.91 Å². The van der Waals surface area contributed by atoms with Gasteiger partial charge in [-0.25, -0.2) is 0 Å². The molecule has 1 amide bonds. The van der Waals surface area contributed by atoms with Gasteiger partial charge in [-0.1, -0.05) is 24.3 Å². The summed E-state index contributed by atoms with van der Waals surface area (Å²) in [6, 6.07) is 14.8. The van der Waals surface area contributed by atoms with E-state index in [-0.39, 0.29) is 30.3 Å². The Hall–Kier alpha value is -2.60. The lowest BCUT2D eigenvalue weighted by molar-refractivity contribution is -0.134. The summed E-state index contributed by atoms with van der Waals surface area (Å²) in [6.45, 7) is 1.09. The van der Waals surface area contributed by atoms with Crippen LogP contribution in [-0.4, -0.2) is 47.3 Å². The van der Waals surface area contributed by atoms with Gasteiger partial charge in [0.05, 0.1) is 12.0 Å². The maximum Gasteiger partial charge on any atom is 0.223 e. The Morgan fingerprint density at radius 3 is 2.43 bits per heavy atom. The normalized spacial score (nSPS) is 17.4. The van der Waals surface area contributed by atoms with Crippen molar-refractivity contribution in [3.63, 3.8) is 0 Å². The van der Waals surface area contributed by atoms with E-state index in [2.05, 4.69) is 0 Å². The standard InChI is InChI=1S/C24H25NO4S/c1-30-18-8-6-17(7-9-18)20(26)10-11-23(28)25-14-12-24(13-15-25)16-21(27)19-4-2-3-5-22(19)29-24/h2-9H,10-16H2,1H3. The molecule has 6 heteroatoms. The number of nitrogens with zero attached hydrogens (tertiary/aromatic N) is 1. The number of benzene rings is 2. The quantitative estimate of drug-likeness (QED) is 0.527. The lowest BCUT2D eigenvalue weighted by atomic mass is 9.82. The Kier molecular flexibility index (Phi) is 5.95. The molecule has 1 spiro atoms. The zero-order valence-corrected chi connectivity index (χ0v) is 17.9. The van der Waals surface area contributed by atoms with E-state index < -0.39 is 5.60 Å². The number of para-hydroxylation sites is 1. The molecule has 0 N–H and O–H groups in total. The zero-order chi connectivity index (χ0) is 21.1. The van der Waals surface area contributed by atoms with Crippen LogP contribution >= 0.6 is 11.8 Å². The molecule has 0 bridgehead atoms. The van der Waals surface area contributed by atoms with Crippen LogP contribution in [0.5, 0.6) is 5.75 Å². The van der Waals surface area contributed by atoms with Crippen LogP contribution in [-0.2, 0) is 4.79 Å². The zero-order valence-electron chi connectivity index (χ0n) is 17.1. The number of hydrogen-bond acceptors (Lipinski definition) is 5. The van der Waals surface area contributed by atoms with E-state index >= 15 is 0 Å². The molecule has 2 aliphatic rings. The van der Waals surface area contributed by atoms with Crippen LogP contribution in [0.15, 0.2) is 53.4 Å². The molecule has 0 aliphatic carbocycles. The second-order valence-electron chi connectivity index (χ2n) is 7.91. The number of hydrogen-bond donors (Lipinski definition) is 0. The van der Waals surface area contributed by atoms with Crippen molar-refractivity contribution >= 4 is 29.2 Å². The highest BCUT2D eigenvalue weighted by molar-refractivity contribution is 7.98. The minimum absolute atomic E-state index is 0.0118. The average Bonchev–Trinajstić information content (AvgIpc) is 2.78. The van der Waals surface area contributed by atoms with Crippen molar-refractivity contribution in [1.29, 1.82) is 0 Å². The van der Waals surface area contributed by atoms with Crippen molar-refractivity contribution in [1.82, 2.24) is 4.90 Å². The molecule has 30 heavy (non-hydrogen) atoms. The summed E-state index contributed by atoms with van der Waals surface area (Å²) < 4.78 is 6.22. The first-order chi connectivity index (χ1) is 14.5. The van der Waals surface area contributed by atoms with Crippen molar-refractivity contribution in [2.75, 3.05) is 19.3 Å². The molecular weight excluding hydrogens is 398 g/mol. The number of carbonyl (C=O) groups is 3. The number of piperidine rings is 1. The fraction of sp³-hybridized carbons (Fsp3) is 0.375. The first-order valence-corrected chi connectivity index (χ1v) is 11.5. The van der Waals surface area contributed by atoms with Crippen LogP contribution in [0, 0.1) is 0 Å². The van der Waals surface area contributed by atoms with Crippen molar-refractivity contribution in [3.05, 3.63) is 59.7 Å². The summed E-state index contributed by atoms with van der Waals surface area (Å²) in [5.41, 5.74) is 0.772. The number of carbonyl (C=O) groups excluding carboxylic acids is 3. The molecule has 156 valence electrons. The highest BCUT2D eigenvalue weighted by Gasteiger charge is 2.43. The van der Waals surface area contributed by atoms with Gasteiger partial charge in [-0.2, -0.15) is 0 Å². The molecule has 0 aromatic heterocycles. The molecule has 0 atom stereocenters. The highest BCUT2D eigenvalue weighted by Crippen LogP contribution is 2.39. The molecule has 2 heterocycles. The summed E-state index contributed by atoms with van der Waals surface area (Å²) in [5.74, 6) is 0.727. The van der Waals surface area contributed by atoms with Gasteiger partial charge in [-0.15, -0.1) is 11.8 Å². The largest absolute Gasteiger partial charge is 0.486 e. The number of likely N-dealkylation sites (tertiary alicyclic amines) is 1. The minimum Gasteiger partial charge on any atom is -0.486 e. The Balaban J connectivity index is 1.30. The Morgan fingerprint density at radius 2 is 1.73 bits per heavy atom. The molecule has 1 saturated heterocycles. The number of ketones is 2. The van der Waals surface area contributed by atoms with Crippen LogP contribution in [0.3, 0.4) is 0 Å². The number of thioether (sulfide) groups is 1. The van der Waals surface area contributed by atoms with Gasteiger partial charge in [-0.05, 0) is 30.5 Å². The molecule has 2 aliphatic heterocycles. The second-order valence-corrected chi connectivity index (χ2v) is 8.79. The van der Waals surface area contributed by atoms with Crippen LogP contribution < -0.4 is 4.74 Å². The van der Waals surface area contributed by atoms with Gasteiger partial charge in [0.1, 0.15) is 11.4 Å². The molecular formula is C24H25NO4S. The predicted molar refractivity (Wildman–Crippen MR) is 116 cm³/mol. The summed E-state index contributed by atoms with van der Waals surface area (Å²) >= 11 is 1.63. The van der Waals surface area contributed by atoms with E-state index in [4.69, 9.17) is 4.74 Å². The third-order valence-corrected chi connectivity index (χ3v) is 6.75. The minimum atomic E-state index is -0.517. The Morgan fingerprint density at radius 1 is 1.03 bits per heavy atom. The summed E-state index contributed by atoms with van der Waals surface area (Å²) in [6.07, 6.45) is 4.02. The fourth-order valence-corrected chi connectivity index (χ4v) is 4.59. The maximum absolute atomic E-state index is 12.6. The van der Waals surface area contributed by atoms with Crippen molar-refractivity contribution in [2.24, 2.45) is 0 Å². The van der Waals surface area contributed by atoms with Crippen LogP contribution in [0.25, 0.3) is 0 Å². The lowest BCUT2D eigenvalue weighted by Gasteiger charge is -2.44. The number of rotatable bonds is 5. The van der Waals surface area contributed by atoms with Crippen LogP contribution in [0.4, 0.5) is 0 Å². The molecule has 4 rings (SSSR count). The van der Waals surface area contributed by atoms with Gasteiger partial charge in [-0.3, -0.25) is 14.4 Å². The van der Waals surface area contributed by atoms with E-state index in [9.17, 15) is 14.4 Å². The Bertz CT molecular complexity index is 961. The van der Waals surface area contributed by atoms with Crippen molar-refractivity contribution < 1.29 is 19.1 Å². The van der Waals surface area contributed by atoms with E-state index in [1.54, 1.807) is 22.7 Å². The van der Waals surface area contributed by atoms with Crippen molar-refractivity contribution in [2.45, 2.75) is 42.6 Å². The molecule has 2 aromatic carbocycles. The smallest absolute Gasteiger partial charge is 0.223 e. The molecule has 1 fully saturated rings. The topological polar surface area (TPSA) is 63.7 Å². The summed E-state index contributed by atoms with van der Waals surface area (Å²) in [7, 11) is 0. The number of fused-ring (bicyclic) bond motifs is 1. The van der Waals surface area contributed by atoms with Gasteiger partial charge >= 0.3 is 0 Å². The van der Waals surface area contributed by atoms with E-state index in [1.807, 2.05) is 48.7 Å². The summed E-state index contributed by atoms with van der Waals surface area (Å²) in [5, 5.41) is 0. The SMILES string of the molecule is CSc1ccc(C(=O)CCC(=O)N2CCC3(CC2)CC(=O)c2ccccc2O3)cc1. The monoisotopic (exact) mass is 423 g/mol. The first-order valence-electron chi connectivity index (χ1n) is 10.3. The first kappa shape index (κ1) is 20.7. The summed E-state index contributed by atoms with van der Waals surface area (Å²) in [4.78, 5) is 40.5. The molecule has 0 saturated carbocycles. The van der Waals surface area contributed by atoms with Gasteiger partial charge in [0.25, 0.3) is 0 Å². The van der Waals surface area contributed by atoms with Gasteiger partial charge in [0, 0.05) is 49.2 Å². The van der Waals surface area contributed by atoms with Gasteiger partial charge in [0.15, 0.2) is 11.6 Å². The Labute approximate surface area is 180 Å². The molecule has 2 aromatic rings. The average molecular weight is 424 g/mol. The van der Waals surface area contributed by atoms with E-state index in [0.717, 1.165) is 4.90 Å².